The van der Waals surface area contributed by atoms with E-state index in [2.05, 4.69) is 5.32 Å². The van der Waals surface area contributed by atoms with E-state index in [4.69, 9.17) is 5.73 Å². The highest BCUT2D eigenvalue weighted by atomic mass is 16.1. The van der Waals surface area contributed by atoms with E-state index in [-0.39, 0.29) is 11.4 Å². The van der Waals surface area contributed by atoms with Crippen molar-refractivity contribution >= 4 is 5.91 Å². The largest absolute Gasteiger partial charge is 0.356 e. The number of hydrogen-bond donors (Lipinski definition) is 2. The summed E-state index contributed by atoms with van der Waals surface area (Å²) in [5.41, 5.74) is 5.69. The zero-order valence-electron chi connectivity index (χ0n) is 5.18. The Balaban J connectivity index is 2.11. The summed E-state index contributed by atoms with van der Waals surface area (Å²) in [5.74, 6) is 0.696. The van der Waals surface area contributed by atoms with Gasteiger partial charge in [-0.1, -0.05) is 0 Å². The van der Waals surface area contributed by atoms with Crippen molar-refractivity contribution in [2.75, 3.05) is 6.54 Å². The fourth-order valence-corrected chi connectivity index (χ4v) is 1.49. The smallest absolute Gasteiger partial charge is 0.221 e. The number of nitrogens with two attached hydrogens (primary N) is 1. The van der Waals surface area contributed by atoms with Gasteiger partial charge in [-0.25, -0.2) is 0 Å². The van der Waals surface area contributed by atoms with Gasteiger partial charge in [-0.05, 0) is 12.3 Å². The van der Waals surface area contributed by atoms with E-state index in [1.165, 1.54) is 0 Å². The minimum Gasteiger partial charge on any atom is -0.356 e. The number of hydrogen-bond acceptors (Lipinski definition) is 2. The molecule has 3 heteroatoms. The molecule has 1 amide bonds. The molecule has 2 rings (SSSR count). The minimum atomic E-state index is -0.0949. The standard InChI is InChI=1S/C6H10N2O/c7-6-1-4(6)3-8-5(9)2-6/h4H,1-3,7H2,(H,8,9). The molecule has 0 aromatic carbocycles. The maximum atomic E-state index is 10.7. The topological polar surface area (TPSA) is 55.1 Å². The van der Waals surface area contributed by atoms with Gasteiger partial charge >= 0.3 is 0 Å². The van der Waals surface area contributed by atoms with Crippen LogP contribution in [-0.4, -0.2) is 18.0 Å². The Hall–Kier alpha value is -0.570. The SMILES string of the molecule is NC12CC(=O)NCC1C2. The van der Waals surface area contributed by atoms with E-state index in [0.717, 1.165) is 13.0 Å². The molecule has 1 saturated carbocycles. The maximum Gasteiger partial charge on any atom is 0.221 e. The van der Waals surface area contributed by atoms with Crippen molar-refractivity contribution in [2.24, 2.45) is 11.7 Å². The van der Waals surface area contributed by atoms with E-state index < -0.39 is 0 Å². The molecule has 2 fully saturated rings. The van der Waals surface area contributed by atoms with E-state index >= 15 is 0 Å². The fourth-order valence-electron chi connectivity index (χ4n) is 1.49. The van der Waals surface area contributed by atoms with Gasteiger partial charge in [0.25, 0.3) is 0 Å². The predicted octanol–water partition coefficient (Wildman–Crippen LogP) is -0.776. The number of amides is 1. The Bertz CT molecular complexity index is 168. The molecule has 1 aliphatic carbocycles. The van der Waals surface area contributed by atoms with E-state index in [0.29, 0.717) is 12.3 Å². The van der Waals surface area contributed by atoms with E-state index in [1.807, 2.05) is 0 Å². The number of nitrogens with one attached hydrogen (secondary N) is 1. The highest BCUT2D eigenvalue weighted by Gasteiger charge is 2.54. The Labute approximate surface area is 53.6 Å². The molecule has 9 heavy (non-hydrogen) atoms. The quantitative estimate of drug-likeness (QED) is 0.447. The monoisotopic (exact) mass is 126 g/mol. The highest BCUT2D eigenvalue weighted by Crippen LogP contribution is 2.45. The molecule has 3 N–H and O–H groups in total. The van der Waals surface area contributed by atoms with Crippen LogP contribution in [0.25, 0.3) is 0 Å². The summed E-state index contributed by atoms with van der Waals surface area (Å²) in [6.45, 7) is 0.801. The van der Waals surface area contributed by atoms with Gasteiger partial charge < -0.3 is 11.1 Å². The van der Waals surface area contributed by atoms with Crippen LogP contribution in [0.2, 0.25) is 0 Å². The van der Waals surface area contributed by atoms with Gasteiger partial charge in [0.2, 0.25) is 5.91 Å². The Kier molecular flexibility index (Phi) is 0.750. The lowest BCUT2D eigenvalue weighted by atomic mass is 10.1. The van der Waals surface area contributed by atoms with Crippen LogP contribution >= 0.6 is 0 Å². The summed E-state index contributed by atoms with van der Waals surface area (Å²) in [6.07, 6.45) is 1.57. The van der Waals surface area contributed by atoms with Crippen LogP contribution in [0.1, 0.15) is 12.8 Å². The van der Waals surface area contributed by atoms with E-state index in [9.17, 15) is 4.79 Å². The summed E-state index contributed by atoms with van der Waals surface area (Å²) in [4.78, 5) is 10.7. The van der Waals surface area contributed by atoms with Crippen molar-refractivity contribution in [3.63, 3.8) is 0 Å². The molecule has 0 spiro atoms. The van der Waals surface area contributed by atoms with Crippen LogP contribution in [0.4, 0.5) is 0 Å². The third-order valence-electron chi connectivity index (χ3n) is 2.31. The molecule has 1 heterocycles. The van der Waals surface area contributed by atoms with Crippen molar-refractivity contribution in [3.05, 3.63) is 0 Å². The van der Waals surface area contributed by atoms with Crippen molar-refractivity contribution in [1.82, 2.24) is 5.32 Å². The second kappa shape index (κ2) is 1.29. The van der Waals surface area contributed by atoms with Crippen LogP contribution in [0, 0.1) is 5.92 Å². The molecule has 1 saturated heterocycles. The molecule has 0 bridgehead atoms. The molecule has 1 aliphatic heterocycles. The number of piperidine rings is 1. The molecule has 2 unspecified atom stereocenters. The number of carbonyl (C=O) groups excluding carboxylic acids is 1. The first-order valence-corrected chi connectivity index (χ1v) is 3.26. The first-order valence-electron chi connectivity index (χ1n) is 3.26. The van der Waals surface area contributed by atoms with Crippen molar-refractivity contribution in [1.29, 1.82) is 0 Å². The Morgan fingerprint density at radius 3 is 3.11 bits per heavy atom. The lowest BCUT2D eigenvalue weighted by molar-refractivity contribution is -0.122. The number of rotatable bonds is 0. The average molecular weight is 126 g/mol. The fraction of sp³-hybridized carbons (Fsp3) is 0.833. The number of carbonyl (C=O) groups is 1. The van der Waals surface area contributed by atoms with Gasteiger partial charge in [0.05, 0.1) is 0 Å². The van der Waals surface area contributed by atoms with Crippen LogP contribution in [0.3, 0.4) is 0 Å². The molecule has 50 valence electrons. The Morgan fingerprint density at radius 2 is 2.56 bits per heavy atom. The minimum absolute atomic E-state index is 0.0949. The maximum absolute atomic E-state index is 10.7. The summed E-state index contributed by atoms with van der Waals surface area (Å²) in [7, 11) is 0. The highest BCUT2D eigenvalue weighted by molar-refractivity contribution is 5.79. The molecule has 2 aliphatic rings. The van der Waals surface area contributed by atoms with Crippen LogP contribution < -0.4 is 11.1 Å². The zero-order valence-corrected chi connectivity index (χ0v) is 5.18. The predicted molar refractivity (Wildman–Crippen MR) is 32.7 cm³/mol. The molecular weight excluding hydrogens is 116 g/mol. The first kappa shape index (κ1) is 5.23. The van der Waals surface area contributed by atoms with Crippen molar-refractivity contribution in [3.8, 4) is 0 Å². The average Bonchev–Trinajstić information content (AvgIpc) is 2.38. The van der Waals surface area contributed by atoms with Gasteiger partial charge in [0.15, 0.2) is 0 Å². The normalized spacial score (nSPS) is 47.7. The zero-order chi connectivity index (χ0) is 6.48. The van der Waals surface area contributed by atoms with Gasteiger partial charge in [0, 0.05) is 18.5 Å². The third kappa shape index (κ3) is 0.645. The molecule has 0 radical (unpaired) electrons. The van der Waals surface area contributed by atoms with E-state index in [1.54, 1.807) is 0 Å². The van der Waals surface area contributed by atoms with Crippen molar-refractivity contribution in [2.45, 2.75) is 18.4 Å². The molecule has 3 nitrogen and oxygen atoms in total. The van der Waals surface area contributed by atoms with Gasteiger partial charge in [-0.3, -0.25) is 4.79 Å². The van der Waals surface area contributed by atoms with Gasteiger partial charge in [-0.15, -0.1) is 0 Å². The number of fused-ring (bicyclic) bond motifs is 1. The van der Waals surface area contributed by atoms with Crippen LogP contribution in [-0.2, 0) is 4.79 Å². The molecular formula is C6H10N2O. The third-order valence-corrected chi connectivity index (χ3v) is 2.31. The van der Waals surface area contributed by atoms with Gasteiger partial charge in [0.1, 0.15) is 0 Å². The summed E-state index contributed by atoms with van der Waals surface area (Å²) >= 11 is 0. The summed E-state index contributed by atoms with van der Waals surface area (Å²) < 4.78 is 0. The van der Waals surface area contributed by atoms with Crippen LogP contribution in [0.5, 0.6) is 0 Å². The molecule has 0 aromatic rings. The molecule has 0 aromatic heterocycles. The first-order chi connectivity index (χ1) is 4.21. The summed E-state index contributed by atoms with van der Waals surface area (Å²) in [5, 5.41) is 2.78. The Morgan fingerprint density at radius 1 is 1.78 bits per heavy atom. The summed E-state index contributed by atoms with van der Waals surface area (Å²) in [6, 6.07) is 0. The lowest BCUT2D eigenvalue weighted by Gasteiger charge is -2.16. The molecule has 2 atom stereocenters. The second-order valence-electron chi connectivity index (χ2n) is 3.12. The van der Waals surface area contributed by atoms with Gasteiger partial charge in [-0.2, -0.15) is 0 Å². The second-order valence-corrected chi connectivity index (χ2v) is 3.12. The lowest BCUT2D eigenvalue weighted by Crippen LogP contribution is -2.42. The van der Waals surface area contributed by atoms with Crippen molar-refractivity contribution < 1.29 is 4.79 Å². The van der Waals surface area contributed by atoms with Crippen LogP contribution in [0.15, 0.2) is 0 Å².